The van der Waals surface area contributed by atoms with Gasteiger partial charge in [-0.25, -0.2) is 0 Å². The number of carbonyl (C=O) groups is 1. The molecule has 2 aliphatic heterocycles. The van der Waals surface area contributed by atoms with Crippen LogP contribution >= 0.6 is 0 Å². The Morgan fingerprint density at radius 2 is 1.89 bits per heavy atom. The molecule has 2 aliphatic rings. The van der Waals surface area contributed by atoms with Gasteiger partial charge in [0.05, 0.1) is 6.10 Å². The van der Waals surface area contributed by atoms with E-state index in [0.717, 1.165) is 75.4 Å². The van der Waals surface area contributed by atoms with Crippen LogP contribution in [0, 0.1) is 12.8 Å². The van der Waals surface area contributed by atoms with Crippen molar-refractivity contribution in [2.75, 3.05) is 38.3 Å². The van der Waals surface area contributed by atoms with Crippen molar-refractivity contribution >= 4 is 22.5 Å². The van der Waals surface area contributed by atoms with Gasteiger partial charge in [-0.15, -0.1) is 0 Å². The summed E-state index contributed by atoms with van der Waals surface area (Å²) in [5.41, 5.74) is 5.08. The van der Waals surface area contributed by atoms with Gasteiger partial charge in [0.1, 0.15) is 12.4 Å². The Balaban J connectivity index is 1.20. The molecule has 192 valence electrons. The van der Waals surface area contributed by atoms with Crippen LogP contribution < -0.4 is 15.4 Å². The Morgan fingerprint density at radius 1 is 1.08 bits per heavy atom. The summed E-state index contributed by atoms with van der Waals surface area (Å²) in [5.74, 6) is 1.31. The Morgan fingerprint density at radius 3 is 2.64 bits per heavy atom. The molecule has 3 heterocycles. The number of aryl methyl sites for hydroxylation is 2. The highest BCUT2D eigenvalue weighted by molar-refractivity contribution is 6.05. The predicted molar refractivity (Wildman–Crippen MR) is 142 cm³/mol. The molecule has 1 aromatic heterocycles. The molecule has 7 heteroatoms. The van der Waals surface area contributed by atoms with Crippen LogP contribution in [0.1, 0.15) is 47.3 Å². The van der Waals surface area contributed by atoms with E-state index in [9.17, 15) is 4.79 Å². The Hall–Kier alpha value is -2.87. The average Bonchev–Trinajstić information content (AvgIpc) is 3.51. The number of nitrogens with one attached hydrogen (secondary N) is 2. The number of benzene rings is 2. The van der Waals surface area contributed by atoms with Gasteiger partial charge in [0.2, 0.25) is 0 Å². The number of aromatic nitrogens is 1. The van der Waals surface area contributed by atoms with Gasteiger partial charge in [0, 0.05) is 61.3 Å². The van der Waals surface area contributed by atoms with Crippen molar-refractivity contribution in [2.45, 2.75) is 45.3 Å². The second kappa shape index (κ2) is 11.5. The summed E-state index contributed by atoms with van der Waals surface area (Å²) in [7, 11) is 2.11. The maximum atomic E-state index is 12.9. The quantitative estimate of drug-likeness (QED) is 0.449. The fourth-order valence-electron chi connectivity index (χ4n) is 5.23. The van der Waals surface area contributed by atoms with Crippen LogP contribution in [0.25, 0.3) is 10.9 Å². The van der Waals surface area contributed by atoms with E-state index in [2.05, 4.69) is 41.3 Å². The van der Waals surface area contributed by atoms with E-state index < -0.39 is 0 Å². The first-order valence-electron chi connectivity index (χ1n) is 13.1. The Kier molecular flexibility index (Phi) is 7.90. The van der Waals surface area contributed by atoms with Gasteiger partial charge < -0.3 is 29.4 Å². The van der Waals surface area contributed by atoms with Crippen LogP contribution in [0.4, 0.5) is 5.69 Å². The highest BCUT2D eigenvalue weighted by atomic mass is 16.5. The topological polar surface area (TPSA) is 73.8 Å². The zero-order valence-electron chi connectivity index (χ0n) is 21.3. The molecular weight excluding hydrogens is 454 g/mol. The summed E-state index contributed by atoms with van der Waals surface area (Å²) in [5, 5.41) is 7.86. The first kappa shape index (κ1) is 24.8. The van der Waals surface area contributed by atoms with Crippen LogP contribution in [0.3, 0.4) is 0 Å². The van der Waals surface area contributed by atoms with Gasteiger partial charge in [-0.05, 0) is 93.1 Å². The van der Waals surface area contributed by atoms with Gasteiger partial charge in [-0.1, -0.05) is 0 Å². The monoisotopic (exact) mass is 491 g/mol. The van der Waals surface area contributed by atoms with Gasteiger partial charge in [-0.2, -0.15) is 0 Å². The second-order valence-corrected chi connectivity index (χ2v) is 9.97. The number of amides is 1. The van der Waals surface area contributed by atoms with Crippen molar-refractivity contribution in [3.63, 3.8) is 0 Å². The normalized spacial score (nSPS) is 18.6. The van der Waals surface area contributed by atoms with Gasteiger partial charge in [0.25, 0.3) is 5.91 Å². The maximum absolute atomic E-state index is 12.9. The summed E-state index contributed by atoms with van der Waals surface area (Å²) in [4.78, 5) is 12.9. The summed E-state index contributed by atoms with van der Waals surface area (Å²) in [6, 6.07) is 13.4. The molecule has 2 aromatic carbocycles. The molecule has 0 radical (unpaired) electrons. The fourth-order valence-corrected chi connectivity index (χ4v) is 5.23. The van der Waals surface area contributed by atoms with Crippen molar-refractivity contribution in [3.05, 3.63) is 59.3 Å². The van der Waals surface area contributed by atoms with E-state index in [4.69, 9.17) is 14.2 Å². The van der Waals surface area contributed by atoms with E-state index in [0.29, 0.717) is 18.1 Å². The van der Waals surface area contributed by atoms with Gasteiger partial charge in [-0.3, -0.25) is 4.79 Å². The van der Waals surface area contributed by atoms with E-state index in [1.165, 1.54) is 16.8 Å². The molecule has 5 rings (SSSR count). The summed E-state index contributed by atoms with van der Waals surface area (Å²) >= 11 is 0. The van der Waals surface area contributed by atoms with Crippen LogP contribution in [-0.4, -0.2) is 49.6 Å². The van der Waals surface area contributed by atoms with E-state index in [1.54, 1.807) is 12.1 Å². The first-order chi connectivity index (χ1) is 17.6. The van der Waals surface area contributed by atoms with Crippen molar-refractivity contribution in [1.29, 1.82) is 0 Å². The number of rotatable bonds is 9. The lowest BCUT2D eigenvalue weighted by Gasteiger charge is -2.22. The van der Waals surface area contributed by atoms with Crippen molar-refractivity contribution in [2.24, 2.45) is 13.0 Å². The largest absolute Gasteiger partial charge is 0.491 e. The minimum Gasteiger partial charge on any atom is -0.491 e. The molecule has 36 heavy (non-hydrogen) atoms. The smallest absolute Gasteiger partial charge is 0.255 e. The fraction of sp³-hybridized carbons (Fsp3) is 0.483. The van der Waals surface area contributed by atoms with Crippen LogP contribution in [-0.2, 0) is 23.1 Å². The summed E-state index contributed by atoms with van der Waals surface area (Å²) in [6.45, 7) is 7.13. The number of anilines is 1. The highest BCUT2D eigenvalue weighted by Crippen LogP contribution is 2.28. The summed E-state index contributed by atoms with van der Waals surface area (Å²) < 4.78 is 19.1. The van der Waals surface area contributed by atoms with Gasteiger partial charge >= 0.3 is 0 Å². The van der Waals surface area contributed by atoms with E-state index in [1.807, 2.05) is 18.2 Å². The zero-order chi connectivity index (χ0) is 24.9. The number of carbonyl (C=O) groups excluding carboxylic acids is 1. The lowest BCUT2D eigenvalue weighted by molar-refractivity contribution is 0.0662. The number of nitrogens with zero attached hydrogens (tertiary/aromatic N) is 1. The van der Waals surface area contributed by atoms with E-state index in [-0.39, 0.29) is 12.0 Å². The minimum absolute atomic E-state index is 0.132. The molecule has 3 aromatic rings. The highest BCUT2D eigenvalue weighted by Gasteiger charge is 2.17. The predicted octanol–water partition coefficient (Wildman–Crippen LogP) is 4.81. The first-order valence-corrected chi connectivity index (χ1v) is 13.1. The number of ether oxygens (including phenoxy) is 3. The van der Waals surface area contributed by atoms with Crippen molar-refractivity contribution < 1.29 is 19.0 Å². The lowest BCUT2D eigenvalue weighted by Crippen LogP contribution is -2.28. The third-order valence-electron chi connectivity index (χ3n) is 7.50. The van der Waals surface area contributed by atoms with E-state index >= 15 is 0 Å². The third kappa shape index (κ3) is 5.75. The third-order valence-corrected chi connectivity index (χ3v) is 7.50. The van der Waals surface area contributed by atoms with Crippen LogP contribution in [0.2, 0.25) is 0 Å². The molecule has 2 fully saturated rings. The van der Waals surface area contributed by atoms with Crippen molar-refractivity contribution in [1.82, 2.24) is 9.88 Å². The Bertz CT molecular complexity index is 1180. The number of hydrogen-bond acceptors (Lipinski definition) is 5. The maximum Gasteiger partial charge on any atom is 0.255 e. The Labute approximate surface area is 213 Å². The SMILES string of the molecule is Cc1c(CNCC2CCOCC2)n(C)c2ccc(NC(=O)c3ccc(OC[C@@H]4CCCO4)cc3)cc12. The molecule has 2 saturated heterocycles. The lowest BCUT2D eigenvalue weighted by atomic mass is 10.0. The van der Waals surface area contributed by atoms with Crippen molar-refractivity contribution in [3.8, 4) is 5.75 Å². The van der Waals surface area contributed by atoms with Crippen LogP contribution in [0.5, 0.6) is 5.75 Å². The standard InChI is InChI=1S/C29H37N3O4/c1-20-26-16-23(7-10-27(26)32(2)28(20)18-30-17-21-11-14-34-15-12-21)31-29(33)22-5-8-24(9-6-22)36-19-25-4-3-13-35-25/h5-10,16,21,25,30H,3-4,11-15,17-19H2,1-2H3,(H,31,33)/t25-/m0/s1. The van der Waals surface area contributed by atoms with Gasteiger partial charge in [0.15, 0.2) is 0 Å². The number of hydrogen-bond donors (Lipinski definition) is 2. The minimum atomic E-state index is -0.132. The molecule has 7 nitrogen and oxygen atoms in total. The average molecular weight is 492 g/mol. The molecular formula is C29H37N3O4. The molecule has 2 N–H and O–H groups in total. The zero-order valence-corrected chi connectivity index (χ0v) is 21.3. The molecule has 0 bridgehead atoms. The molecule has 0 saturated carbocycles. The molecule has 0 aliphatic carbocycles. The molecule has 0 unspecified atom stereocenters. The second-order valence-electron chi connectivity index (χ2n) is 9.97. The van der Waals surface area contributed by atoms with Crippen LogP contribution in [0.15, 0.2) is 42.5 Å². The molecule has 0 spiro atoms. The summed E-state index contributed by atoms with van der Waals surface area (Å²) in [6.07, 6.45) is 4.58. The molecule has 1 amide bonds. The molecule has 1 atom stereocenters. The number of fused-ring (bicyclic) bond motifs is 1.